The third kappa shape index (κ3) is 4.95. The van der Waals surface area contributed by atoms with Gasteiger partial charge in [0.1, 0.15) is 11.6 Å². The van der Waals surface area contributed by atoms with Crippen molar-refractivity contribution in [2.24, 2.45) is 0 Å². The van der Waals surface area contributed by atoms with Crippen LogP contribution in [0, 0.1) is 11.3 Å². The van der Waals surface area contributed by atoms with Crippen LogP contribution in [0.15, 0.2) is 54.2 Å². The van der Waals surface area contributed by atoms with Crippen molar-refractivity contribution in [3.8, 4) is 6.07 Å². The monoisotopic (exact) mass is 363 g/mol. The van der Waals surface area contributed by atoms with Gasteiger partial charge in [0, 0.05) is 17.6 Å². The molecule has 1 amide bonds. The number of amides is 1. The maximum absolute atomic E-state index is 12.4. The Bertz CT molecular complexity index is 904. The van der Waals surface area contributed by atoms with Gasteiger partial charge in [-0.2, -0.15) is 5.26 Å². The number of rotatable bonds is 7. The van der Waals surface area contributed by atoms with Crippen molar-refractivity contribution in [1.29, 1.82) is 5.26 Å². The molecular formula is C21H21N3O3. The highest BCUT2D eigenvalue weighted by Gasteiger charge is 2.12. The number of nitrogens with one attached hydrogen (secondary N) is 2. The molecule has 0 radical (unpaired) electrons. The average Bonchev–Trinajstić information content (AvgIpc) is 2.68. The van der Waals surface area contributed by atoms with Crippen molar-refractivity contribution in [2.75, 3.05) is 10.6 Å². The van der Waals surface area contributed by atoms with Gasteiger partial charge in [-0.3, -0.25) is 4.79 Å². The summed E-state index contributed by atoms with van der Waals surface area (Å²) in [5.74, 6) is -1.70. The standard InChI is InChI=1S/C21H21N3O3/c1-3-14-7-5-8-15(4-2)19(14)23-13-17(12-22)20(25)24-18-10-6-9-16(11-18)21(26)27/h5-11,13,23H,3-4H2,1-2H3,(H,24,25)(H,26,27)/b17-13-. The molecule has 2 aromatic carbocycles. The van der Waals surface area contributed by atoms with Gasteiger partial charge in [-0.15, -0.1) is 0 Å². The fourth-order valence-corrected chi connectivity index (χ4v) is 2.65. The molecule has 6 nitrogen and oxygen atoms in total. The lowest BCUT2D eigenvalue weighted by atomic mass is 10.0. The molecule has 2 aromatic rings. The molecule has 0 heterocycles. The van der Waals surface area contributed by atoms with Gasteiger partial charge < -0.3 is 15.7 Å². The number of hydrogen-bond acceptors (Lipinski definition) is 4. The van der Waals surface area contributed by atoms with Crippen LogP contribution in [-0.4, -0.2) is 17.0 Å². The van der Waals surface area contributed by atoms with Gasteiger partial charge in [0.15, 0.2) is 0 Å². The molecule has 138 valence electrons. The lowest BCUT2D eigenvalue weighted by molar-refractivity contribution is -0.112. The number of benzene rings is 2. The Morgan fingerprint density at radius 3 is 2.30 bits per heavy atom. The zero-order valence-corrected chi connectivity index (χ0v) is 15.2. The molecule has 3 N–H and O–H groups in total. The maximum Gasteiger partial charge on any atom is 0.335 e. The number of carboxylic acid groups (broad SMARTS) is 1. The first-order valence-corrected chi connectivity index (χ1v) is 8.62. The number of aromatic carboxylic acids is 1. The zero-order chi connectivity index (χ0) is 19.8. The largest absolute Gasteiger partial charge is 0.478 e. The lowest BCUT2D eigenvalue weighted by Crippen LogP contribution is -2.15. The topological polar surface area (TPSA) is 102 Å². The van der Waals surface area contributed by atoms with Gasteiger partial charge in [-0.1, -0.05) is 38.1 Å². The van der Waals surface area contributed by atoms with Crippen LogP contribution in [0.5, 0.6) is 0 Å². The molecule has 0 saturated carbocycles. The molecule has 0 aliphatic heterocycles. The quantitative estimate of drug-likeness (QED) is 0.510. The molecule has 0 aromatic heterocycles. The summed E-state index contributed by atoms with van der Waals surface area (Å²) in [6, 6.07) is 13.7. The molecule has 0 saturated heterocycles. The van der Waals surface area contributed by atoms with Crippen molar-refractivity contribution < 1.29 is 14.7 Å². The number of carbonyl (C=O) groups is 2. The Labute approximate surface area is 158 Å². The predicted octanol–water partition coefficient (Wildman–Crippen LogP) is 3.97. The second-order valence-electron chi connectivity index (χ2n) is 5.81. The fourth-order valence-electron chi connectivity index (χ4n) is 2.65. The van der Waals surface area contributed by atoms with Gasteiger partial charge in [0.2, 0.25) is 0 Å². The van der Waals surface area contributed by atoms with E-state index in [9.17, 15) is 14.9 Å². The van der Waals surface area contributed by atoms with Gasteiger partial charge in [0.05, 0.1) is 5.56 Å². The van der Waals surface area contributed by atoms with E-state index in [0.717, 1.165) is 29.7 Å². The van der Waals surface area contributed by atoms with Gasteiger partial charge in [0.25, 0.3) is 5.91 Å². The van der Waals surface area contributed by atoms with E-state index in [-0.39, 0.29) is 11.1 Å². The Morgan fingerprint density at radius 1 is 1.11 bits per heavy atom. The first kappa shape index (κ1) is 19.7. The van der Waals surface area contributed by atoms with Crippen LogP contribution in [0.25, 0.3) is 0 Å². The molecule has 2 rings (SSSR count). The molecule has 0 aliphatic carbocycles. The second kappa shape index (κ2) is 9.20. The van der Waals surface area contributed by atoms with Crippen LogP contribution in [-0.2, 0) is 17.6 Å². The second-order valence-corrected chi connectivity index (χ2v) is 5.81. The minimum atomic E-state index is -1.09. The number of para-hydroxylation sites is 1. The molecule has 6 heteroatoms. The summed E-state index contributed by atoms with van der Waals surface area (Å²) in [4.78, 5) is 23.4. The third-order valence-corrected chi connectivity index (χ3v) is 4.09. The molecule has 0 aliphatic rings. The van der Waals surface area contributed by atoms with Gasteiger partial charge in [-0.05, 0) is 42.2 Å². The summed E-state index contributed by atoms with van der Waals surface area (Å²) in [6.07, 6.45) is 3.02. The lowest BCUT2D eigenvalue weighted by Gasteiger charge is -2.13. The van der Waals surface area contributed by atoms with Crippen LogP contribution < -0.4 is 10.6 Å². The molecule has 0 fully saturated rings. The van der Waals surface area contributed by atoms with Crippen LogP contribution in [0.3, 0.4) is 0 Å². The summed E-state index contributed by atoms with van der Waals surface area (Å²) in [6.45, 7) is 4.08. The van der Waals surface area contributed by atoms with Gasteiger partial charge >= 0.3 is 5.97 Å². The van der Waals surface area contributed by atoms with Crippen LogP contribution in [0.2, 0.25) is 0 Å². The summed E-state index contributed by atoms with van der Waals surface area (Å²) < 4.78 is 0. The van der Waals surface area contributed by atoms with Crippen LogP contribution in [0.4, 0.5) is 11.4 Å². The van der Waals surface area contributed by atoms with E-state index < -0.39 is 11.9 Å². The highest BCUT2D eigenvalue weighted by Crippen LogP contribution is 2.23. The van der Waals surface area contributed by atoms with E-state index in [4.69, 9.17) is 5.11 Å². The van der Waals surface area contributed by atoms with Crippen LogP contribution >= 0.6 is 0 Å². The minimum absolute atomic E-state index is 0.0536. The number of carbonyl (C=O) groups excluding carboxylic acids is 1. The van der Waals surface area contributed by atoms with E-state index in [0.29, 0.717) is 5.69 Å². The van der Waals surface area contributed by atoms with E-state index in [1.54, 1.807) is 6.07 Å². The normalized spacial score (nSPS) is 10.8. The van der Waals surface area contributed by atoms with E-state index >= 15 is 0 Å². The Hall–Kier alpha value is -3.59. The number of nitriles is 1. The van der Waals surface area contributed by atoms with Crippen LogP contribution in [0.1, 0.15) is 35.3 Å². The Morgan fingerprint density at radius 2 is 1.74 bits per heavy atom. The molecule has 0 atom stereocenters. The molecule has 27 heavy (non-hydrogen) atoms. The molecular weight excluding hydrogens is 342 g/mol. The maximum atomic E-state index is 12.4. The number of nitrogens with zero attached hydrogens (tertiary/aromatic N) is 1. The van der Waals surface area contributed by atoms with Crippen molar-refractivity contribution >= 4 is 23.3 Å². The predicted molar refractivity (Wildman–Crippen MR) is 105 cm³/mol. The average molecular weight is 363 g/mol. The summed E-state index contributed by atoms with van der Waals surface area (Å²) in [7, 11) is 0. The third-order valence-electron chi connectivity index (χ3n) is 4.09. The van der Waals surface area contributed by atoms with E-state index in [1.165, 1.54) is 24.4 Å². The Kier molecular flexibility index (Phi) is 6.73. The summed E-state index contributed by atoms with van der Waals surface area (Å²) in [5, 5.41) is 24.0. The molecule has 0 spiro atoms. The van der Waals surface area contributed by atoms with Crippen molar-refractivity contribution in [3.05, 3.63) is 70.9 Å². The number of carboxylic acids is 1. The summed E-state index contributed by atoms with van der Waals surface area (Å²) >= 11 is 0. The SMILES string of the molecule is CCc1cccc(CC)c1N/C=C(/C#N)C(=O)Nc1cccc(C(=O)O)c1. The first-order chi connectivity index (χ1) is 13.0. The molecule has 0 bridgehead atoms. The smallest absolute Gasteiger partial charge is 0.335 e. The van der Waals surface area contributed by atoms with E-state index in [2.05, 4.69) is 10.6 Å². The van der Waals surface area contributed by atoms with Crippen molar-refractivity contribution in [3.63, 3.8) is 0 Å². The van der Waals surface area contributed by atoms with Crippen molar-refractivity contribution in [2.45, 2.75) is 26.7 Å². The number of hydrogen-bond donors (Lipinski definition) is 3. The number of aryl methyl sites for hydroxylation is 2. The molecule has 0 unspecified atom stereocenters. The highest BCUT2D eigenvalue weighted by atomic mass is 16.4. The van der Waals surface area contributed by atoms with Gasteiger partial charge in [-0.25, -0.2) is 4.79 Å². The summed E-state index contributed by atoms with van der Waals surface area (Å²) in [5.41, 5.74) is 3.34. The fraction of sp³-hybridized carbons (Fsp3) is 0.190. The van der Waals surface area contributed by atoms with E-state index in [1.807, 2.05) is 38.1 Å². The first-order valence-electron chi connectivity index (χ1n) is 8.62. The van der Waals surface area contributed by atoms with Crippen molar-refractivity contribution in [1.82, 2.24) is 0 Å². The highest BCUT2D eigenvalue weighted by molar-refractivity contribution is 6.07. The zero-order valence-electron chi connectivity index (χ0n) is 15.2. The Balaban J connectivity index is 2.22. The minimum Gasteiger partial charge on any atom is -0.478 e. The number of anilines is 2.